The molecular formula is C30H28S. The molecule has 0 saturated carbocycles. The van der Waals surface area contributed by atoms with E-state index >= 15 is 0 Å². The van der Waals surface area contributed by atoms with Crippen LogP contribution >= 0.6 is 11.8 Å². The van der Waals surface area contributed by atoms with Crippen LogP contribution in [0.1, 0.15) is 38.9 Å². The molecule has 0 atom stereocenters. The zero-order valence-corrected chi connectivity index (χ0v) is 19.5. The van der Waals surface area contributed by atoms with E-state index in [-0.39, 0.29) is 0 Å². The number of aryl methyl sites for hydroxylation is 4. The zero-order valence-electron chi connectivity index (χ0n) is 18.6. The molecule has 1 heteroatoms. The van der Waals surface area contributed by atoms with Crippen molar-refractivity contribution in [3.8, 4) is 0 Å². The molecular weight excluding hydrogens is 392 g/mol. The van der Waals surface area contributed by atoms with Crippen molar-refractivity contribution in [2.45, 2.75) is 32.6 Å². The van der Waals surface area contributed by atoms with Gasteiger partial charge in [0.1, 0.15) is 0 Å². The lowest BCUT2D eigenvalue weighted by Gasteiger charge is -2.21. The predicted molar refractivity (Wildman–Crippen MR) is 136 cm³/mol. The van der Waals surface area contributed by atoms with E-state index in [2.05, 4.69) is 125 Å². The molecule has 4 aromatic carbocycles. The van der Waals surface area contributed by atoms with Gasteiger partial charge in [0.15, 0.2) is 0 Å². The maximum Gasteiger partial charge on any atom is 0.0282 e. The molecule has 0 amide bonds. The monoisotopic (exact) mass is 420 g/mol. The van der Waals surface area contributed by atoms with Gasteiger partial charge in [0, 0.05) is 15.4 Å². The zero-order chi connectivity index (χ0) is 21.8. The molecule has 0 bridgehead atoms. The third kappa shape index (κ3) is 4.52. The van der Waals surface area contributed by atoms with Gasteiger partial charge in [0.25, 0.3) is 0 Å². The van der Waals surface area contributed by atoms with Crippen molar-refractivity contribution in [3.63, 3.8) is 0 Å². The first-order valence-corrected chi connectivity index (χ1v) is 11.5. The van der Waals surface area contributed by atoms with Crippen LogP contribution in [0.4, 0.5) is 0 Å². The highest BCUT2D eigenvalue weighted by Crippen LogP contribution is 2.45. The summed E-state index contributed by atoms with van der Waals surface area (Å²) in [7, 11) is 0. The van der Waals surface area contributed by atoms with Crippen molar-refractivity contribution in [1.82, 2.24) is 0 Å². The van der Waals surface area contributed by atoms with Crippen molar-refractivity contribution in [2.75, 3.05) is 0 Å². The van der Waals surface area contributed by atoms with E-state index in [0.29, 0.717) is 0 Å². The average Bonchev–Trinajstić information content (AvgIpc) is 2.77. The van der Waals surface area contributed by atoms with Gasteiger partial charge in [-0.05, 0) is 72.7 Å². The van der Waals surface area contributed by atoms with E-state index in [0.717, 1.165) is 0 Å². The SMILES string of the molecule is Cc1ccccc1SC(=C(c1ccccc1C)c1ccccc1C)c1ccccc1C. The highest BCUT2D eigenvalue weighted by atomic mass is 32.2. The largest absolute Gasteiger partial charge is 0.0885 e. The minimum atomic E-state index is 1.29. The molecule has 0 aliphatic carbocycles. The lowest BCUT2D eigenvalue weighted by atomic mass is 9.89. The van der Waals surface area contributed by atoms with Gasteiger partial charge in [-0.2, -0.15) is 0 Å². The minimum absolute atomic E-state index is 1.29. The summed E-state index contributed by atoms with van der Waals surface area (Å²) in [4.78, 5) is 2.59. The third-order valence-corrected chi connectivity index (χ3v) is 7.06. The summed E-state index contributed by atoms with van der Waals surface area (Å²) >= 11 is 1.88. The van der Waals surface area contributed by atoms with Gasteiger partial charge in [-0.25, -0.2) is 0 Å². The van der Waals surface area contributed by atoms with Gasteiger partial charge in [0.05, 0.1) is 0 Å². The summed E-state index contributed by atoms with van der Waals surface area (Å²) in [5, 5.41) is 0. The first-order valence-electron chi connectivity index (χ1n) is 10.7. The number of hydrogen-bond donors (Lipinski definition) is 0. The Morgan fingerprint density at radius 2 is 0.839 bits per heavy atom. The van der Waals surface area contributed by atoms with Gasteiger partial charge in [-0.15, -0.1) is 0 Å². The molecule has 0 radical (unpaired) electrons. The molecule has 0 heterocycles. The Kier molecular flexibility index (Phi) is 6.44. The Bertz CT molecular complexity index is 1200. The molecule has 0 nitrogen and oxygen atoms in total. The smallest absolute Gasteiger partial charge is 0.0282 e. The fourth-order valence-corrected chi connectivity index (χ4v) is 5.20. The van der Waals surface area contributed by atoms with Crippen LogP contribution in [0.3, 0.4) is 0 Å². The van der Waals surface area contributed by atoms with Crippen LogP contribution in [-0.2, 0) is 0 Å². The number of thioether (sulfide) groups is 1. The van der Waals surface area contributed by atoms with Crippen LogP contribution < -0.4 is 0 Å². The topological polar surface area (TPSA) is 0 Å². The molecule has 0 aliphatic heterocycles. The molecule has 0 saturated heterocycles. The quantitative estimate of drug-likeness (QED) is 0.230. The Morgan fingerprint density at radius 1 is 0.452 bits per heavy atom. The molecule has 0 aliphatic rings. The van der Waals surface area contributed by atoms with Crippen LogP contribution in [0.15, 0.2) is 102 Å². The van der Waals surface area contributed by atoms with E-state index in [1.165, 1.54) is 54.3 Å². The molecule has 4 rings (SSSR count). The summed E-state index contributed by atoms with van der Waals surface area (Å²) in [5.41, 5.74) is 10.3. The molecule has 4 aromatic rings. The molecule has 0 aromatic heterocycles. The molecule has 0 unspecified atom stereocenters. The summed E-state index contributed by atoms with van der Waals surface area (Å²) in [6.07, 6.45) is 0. The summed E-state index contributed by atoms with van der Waals surface area (Å²) < 4.78 is 0. The number of rotatable bonds is 5. The van der Waals surface area contributed by atoms with E-state index in [9.17, 15) is 0 Å². The van der Waals surface area contributed by atoms with Crippen LogP contribution in [-0.4, -0.2) is 0 Å². The summed E-state index contributed by atoms with van der Waals surface area (Å²) in [5.74, 6) is 0. The average molecular weight is 421 g/mol. The fraction of sp³-hybridized carbons (Fsp3) is 0.133. The molecule has 0 N–H and O–H groups in total. The van der Waals surface area contributed by atoms with Gasteiger partial charge in [0.2, 0.25) is 0 Å². The highest BCUT2D eigenvalue weighted by molar-refractivity contribution is 8.08. The van der Waals surface area contributed by atoms with E-state index in [1.54, 1.807) is 0 Å². The van der Waals surface area contributed by atoms with Crippen molar-refractivity contribution in [2.24, 2.45) is 0 Å². The Morgan fingerprint density at radius 3 is 1.29 bits per heavy atom. The van der Waals surface area contributed by atoms with Gasteiger partial charge in [-0.1, -0.05) is 103 Å². The van der Waals surface area contributed by atoms with Crippen LogP contribution in [0.5, 0.6) is 0 Å². The maximum atomic E-state index is 2.26. The molecule has 31 heavy (non-hydrogen) atoms. The molecule has 0 fully saturated rings. The number of benzene rings is 4. The van der Waals surface area contributed by atoms with E-state index < -0.39 is 0 Å². The van der Waals surface area contributed by atoms with Crippen LogP contribution in [0.2, 0.25) is 0 Å². The van der Waals surface area contributed by atoms with E-state index in [4.69, 9.17) is 0 Å². The summed E-state index contributed by atoms with van der Waals surface area (Å²) in [6.45, 7) is 8.82. The van der Waals surface area contributed by atoms with Crippen molar-refractivity contribution < 1.29 is 0 Å². The predicted octanol–water partition coefficient (Wildman–Crippen LogP) is 8.63. The Balaban J connectivity index is 2.10. The molecule has 0 spiro atoms. The first-order chi connectivity index (χ1) is 15.1. The fourth-order valence-electron chi connectivity index (χ4n) is 3.95. The van der Waals surface area contributed by atoms with Crippen molar-refractivity contribution >= 4 is 22.2 Å². The minimum Gasteiger partial charge on any atom is -0.0885 e. The maximum absolute atomic E-state index is 2.26. The van der Waals surface area contributed by atoms with Crippen molar-refractivity contribution in [3.05, 3.63) is 136 Å². The highest BCUT2D eigenvalue weighted by Gasteiger charge is 2.20. The van der Waals surface area contributed by atoms with Crippen molar-refractivity contribution in [1.29, 1.82) is 0 Å². The lowest BCUT2D eigenvalue weighted by Crippen LogP contribution is -1.99. The van der Waals surface area contributed by atoms with Gasteiger partial charge in [-0.3, -0.25) is 0 Å². The second kappa shape index (κ2) is 9.41. The third-order valence-electron chi connectivity index (χ3n) is 5.75. The van der Waals surface area contributed by atoms with Crippen LogP contribution in [0, 0.1) is 27.7 Å². The first kappa shape index (κ1) is 21.2. The van der Waals surface area contributed by atoms with Crippen LogP contribution in [0.25, 0.3) is 10.5 Å². The number of hydrogen-bond acceptors (Lipinski definition) is 1. The summed E-state index contributed by atoms with van der Waals surface area (Å²) in [6, 6.07) is 34.9. The standard InChI is InChI=1S/C30H28S/c1-21-13-5-9-17-25(21)29(26-18-10-6-14-22(26)2)30(27-19-11-7-15-23(27)3)31-28-20-12-8-16-24(28)4/h5-20H,1-4H3. The molecule has 154 valence electrons. The van der Waals surface area contributed by atoms with E-state index in [1.807, 2.05) is 11.8 Å². The van der Waals surface area contributed by atoms with Gasteiger partial charge < -0.3 is 0 Å². The Labute approximate surface area is 190 Å². The Hall–Kier alpha value is -3.03. The van der Waals surface area contributed by atoms with Gasteiger partial charge >= 0.3 is 0 Å². The second-order valence-electron chi connectivity index (χ2n) is 8.02. The normalized spacial score (nSPS) is 10.7. The lowest BCUT2D eigenvalue weighted by molar-refractivity contribution is 1.31. The second-order valence-corrected chi connectivity index (χ2v) is 9.07.